The molecule has 6 amide bonds. The summed E-state index contributed by atoms with van der Waals surface area (Å²) in [7, 11) is 0. The standard InChI is InChI=1S/C84H140N6O58/c1-19-43(105)54(116)59(121)79(127-19)143-67-40(88-25(7)102)73(125)130-33(15-96)64(67)140-76-39(87-24(6)101)53(115)63(32(14-95)135-76)139-82-62(124)70(146-84-72(58(120)49(111)31(13-94)134-84)148-78-42(90-27(9)104)69(145-81-61(123)56(118)45(107)21(3)129-81)66(35(17-98)137-78)142-75-38(86-23(5)100)52(114)47(109)29(11-92)132-75)50(112)36(138-82)18-126-83-71(57(119)48(110)30(12-93)133-83)147-77-41(89-26(8)103)68(144-80-60(122)55(117)44(106)20(2)128-80)65(34(16-97)136-77)141-74-37(85-22(4)99)51(113)46(108)28(10-91)131-74/h19-21,28-84,91-98,105-125H,10-18H2,1-9H3,(H,85,99)(H,86,100)(H,87,101)(H,88,102)(H,89,103)(H,90,104)/t19-,20-,21-,28+,29+,30+,31+,32+,33+,34+,35+,36+,37+,38+,39+,40+,41+,42+,43+,44+,45+,46-,47-,48+,49+,50+,51+,52+,53+,54+,55+,56+,57-,58-,59-,60-,61-,62-,63+,64+,65+,66+,67+,68+,69+,70-,71-,72-,73+,74-,75-,76-,77-,78-,79-,80-,81-,82-,83-,84+/m0/s1. The third-order valence-corrected chi connectivity index (χ3v) is 27.4. The van der Waals surface area contributed by atoms with E-state index in [1.54, 1.807) is 0 Å². The van der Waals surface area contributed by atoms with E-state index >= 15 is 0 Å². The van der Waals surface area contributed by atoms with Gasteiger partial charge >= 0.3 is 0 Å². The van der Waals surface area contributed by atoms with Gasteiger partial charge in [0.1, 0.15) is 274 Å². The number of rotatable bonds is 37. The smallest absolute Gasteiger partial charge is 0.217 e. The van der Waals surface area contributed by atoms with Crippen LogP contribution in [0.3, 0.4) is 0 Å². The highest BCUT2D eigenvalue weighted by Crippen LogP contribution is 2.44. The van der Waals surface area contributed by atoms with Crippen LogP contribution in [0.1, 0.15) is 62.3 Å². The molecule has 0 aliphatic carbocycles. The maximum atomic E-state index is 13.8. The Hall–Kier alpha value is -5.26. The highest BCUT2D eigenvalue weighted by Gasteiger charge is 2.65. The van der Waals surface area contributed by atoms with Crippen LogP contribution in [0.5, 0.6) is 0 Å². The molecule has 148 heavy (non-hydrogen) atoms. The van der Waals surface area contributed by atoms with Crippen molar-refractivity contribution in [1.29, 1.82) is 0 Å². The summed E-state index contributed by atoms with van der Waals surface area (Å²) in [6, 6.07) is -11.8. The number of hydrogen-bond donors (Lipinski definition) is 35. The van der Waals surface area contributed by atoms with Crippen molar-refractivity contribution in [1.82, 2.24) is 31.9 Å². The summed E-state index contributed by atoms with van der Waals surface area (Å²) in [5.41, 5.74) is 0. The molecule has 12 rings (SSSR count). The van der Waals surface area contributed by atoms with Gasteiger partial charge in [-0.2, -0.15) is 0 Å². The van der Waals surface area contributed by atoms with Crippen LogP contribution >= 0.6 is 0 Å². The average Bonchev–Trinajstić information content (AvgIpc) is 0.752. The zero-order valence-electron chi connectivity index (χ0n) is 80.8. The Bertz CT molecular complexity index is 4210. The summed E-state index contributed by atoms with van der Waals surface area (Å²) < 4.78 is 142. The predicted molar refractivity (Wildman–Crippen MR) is 460 cm³/mol. The number of aliphatic hydroxyl groups is 29. The molecule has 0 aromatic rings. The largest absolute Gasteiger partial charge is 0.394 e. The Kier molecular flexibility index (Phi) is 43.2. The molecule has 0 radical (unpaired) electrons. The Balaban J connectivity index is 0.936. The molecule has 64 heteroatoms. The minimum absolute atomic E-state index is 0.883. The molecule has 12 heterocycles. The third-order valence-electron chi connectivity index (χ3n) is 27.4. The minimum atomic E-state index is -2.76. The molecule has 0 aromatic heterocycles. The first kappa shape index (κ1) is 121. The van der Waals surface area contributed by atoms with E-state index in [-0.39, 0.29) is 0 Å². The van der Waals surface area contributed by atoms with Crippen molar-refractivity contribution in [3.8, 4) is 0 Å². The van der Waals surface area contributed by atoms with E-state index in [4.69, 9.17) is 109 Å². The number of ether oxygens (including phenoxy) is 23. The molecule has 12 aliphatic heterocycles. The number of aliphatic hydroxyl groups excluding tert-OH is 29. The van der Waals surface area contributed by atoms with Crippen LogP contribution in [0.2, 0.25) is 0 Å². The van der Waals surface area contributed by atoms with Crippen molar-refractivity contribution in [2.45, 2.75) is 430 Å². The number of hydrogen-bond acceptors (Lipinski definition) is 58. The second-order valence-corrected chi connectivity index (χ2v) is 38.0. The van der Waals surface area contributed by atoms with Crippen LogP contribution in [0.15, 0.2) is 0 Å². The summed E-state index contributed by atoms with van der Waals surface area (Å²) >= 11 is 0. The van der Waals surface area contributed by atoms with E-state index < -0.39 is 463 Å². The highest BCUT2D eigenvalue weighted by atomic mass is 16.8. The summed E-state index contributed by atoms with van der Waals surface area (Å²) in [5, 5.41) is 346. The van der Waals surface area contributed by atoms with Gasteiger partial charge in [-0.05, 0) is 20.8 Å². The molecular formula is C84H140N6O58. The van der Waals surface area contributed by atoms with Gasteiger partial charge in [0.05, 0.1) is 77.8 Å². The van der Waals surface area contributed by atoms with Gasteiger partial charge < -0.3 is 289 Å². The molecule has 0 spiro atoms. The minimum Gasteiger partial charge on any atom is -0.394 e. The van der Waals surface area contributed by atoms with Gasteiger partial charge in [-0.1, -0.05) is 0 Å². The van der Waals surface area contributed by atoms with Crippen molar-refractivity contribution in [3.05, 3.63) is 0 Å². The van der Waals surface area contributed by atoms with E-state index in [9.17, 15) is 177 Å². The lowest BCUT2D eigenvalue weighted by molar-refractivity contribution is -0.403. The van der Waals surface area contributed by atoms with Crippen molar-refractivity contribution >= 4 is 35.4 Å². The Morgan fingerprint density at radius 2 is 0.426 bits per heavy atom. The number of amides is 6. The van der Waals surface area contributed by atoms with Crippen LogP contribution < -0.4 is 31.9 Å². The first-order valence-electron chi connectivity index (χ1n) is 47.7. The van der Waals surface area contributed by atoms with Crippen LogP contribution in [0.25, 0.3) is 0 Å². The normalized spacial score (nSPS) is 49.3. The fraction of sp³-hybridized carbons (Fsp3) is 0.929. The van der Waals surface area contributed by atoms with Crippen LogP contribution in [-0.2, 0) is 138 Å². The lowest BCUT2D eigenvalue weighted by Gasteiger charge is -2.52. The SMILES string of the molecule is CC(=O)N[C@@H]1[C@@H](O[C@@H]2O[C@@H](C)[C@@H](O)[C@@H](O)[C@@H]2O)[C@H](O[C@@H]2O[C@H](CO)[C@@H](O[C@@H]3O[C@H](CO[C@H]4O[C@H](CO)[C@@H](O)[C@H](O)[C@@H]4O[C@@H]4O[C@H](CO)[C@@H](O[C@@H]5O[C@H](CO)[C@H](O)[C@H](O)[C@H]5NC(C)=O)[C@H](O[C@@H]5O[C@@H](C)[C@@H](O)[C@@H](O)[C@@H]5O)[C@H]4NC(C)=O)[C@@H](O)[C@H](O[C@H]4O[C@H](CO)[C@@H](O)[C@H](O)[C@@H]4O[C@@H]4O[C@H](CO)[C@@H](O[C@@H]5O[C@H](CO)[C@H](O)[C@H](O)[C@H]5NC(C)=O)[C@H](O[C@@H]5O[C@@H](C)[C@@H](O)[C@@H](O)[C@@H]5O)[C@H]4NC(C)=O)[C@@H]3O)[C@H](O)[C@H]2NC(C)=O)[C@@H](CO)O[C@H]1O. The number of carbonyl (C=O) groups is 6. The van der Waals surface area contributed by atoms with Crippen molar-refractivity contribution < 1.29 is 286 Å². The molecule has 12 saturated heterocycles. The summed E-state index contributed by atoms with van der Waals surface area (Å²) in [6.45, 7) is -1.76. The lowest BCUT2D eigenvalue weighted by Crippen LogP contribution is -2.72. The van der Waals surface area contributed by atoms with Crippen LogP contribution in [0.4, 0.5) is 0 Å². The monoisotopic (exact) mass is 2160 g/mol. The van der Waals surface area contributed by atoms with Gasteiger partial charge in [0, 0.05) is 41.5 Å². The molecule has 64 nitrogen and oxygen atoms in total. The predicted octanol–water partition coefficient (Wildman–Crippen LogP) is -23.2. The third kappa shape index (κ3) is 26.9. The van der Waals surface area contributed by atoms with E-state index in [2.05, 4.69) is 31.9 Å². The Morgan fingerprint density at radius 1 is 0.189 bits per heavy atom. The van der Waals surface area contributed by atoms with E-state index in [1.165, 1.54) is 20.8 Å². The van der Waals surface area contributed by atoms with E-state index in [1.807, 2.05) is 0 Å². The second kappa shape index (κ2) is 52.7. The van der Waals surface area contributed by atoms with Gasteiger partial charge in [0.2, 0.25) is 35.4 Å². The number of carbonyl (C=O) groups excluding carboxylic acids is 6. The van der Waals surface area contributed by atoms with Gasteiger partial charge in [-0.15, -0.1) is 0 Å². The highest BCUT2D eigenvalue weighted by molar-refractivity contribution is 5.75. The molecule has 0 aromatic carbocycles. The zero-order chi connectivity index (χ0) is 109. The average molecular weight is 2160 g/mol. The summed E-state index contributed by atoms with van der Waals surface area (Å²) in [6.07, 6.45) is -116. The zero-order valence-corrected chi connectivity index (χ0v) is 80.8. The fourth-order valence-electron chi connectivity index (χ4n) is 19.5. The maximum absolute atomic E-state index is 13.8. The summed E-state index contributed by atoms with van der Waals surface area (Å²) in [5.74, 6) is -5.84. The molecule has 854 valence electrons. The Labute approximate surface area is 840 Å². The molecule has 0 unspecified atom stereocenters. The van der Waals surface area contributed by atoms with Crippen LogP contribution in [0, 0.1) is 0 Å². The number of nitrogens with one attached hydrogen (secondary N) is 6. The Morgan fingerprint density at radius 3 is 0.770 bits per heavy atom. The first-order valence-corrected chi connectivity index (χ1v) is 47.7. The molecule has 60 atom stereocenters. The molecule has 12 aliphatic rings. The van der Waals surface area contributed by atoms with Crippen molar-refractivity contribution in [2.75, 3.05) is 59.5 Å². The quantitative estimate of drug-likeness (QED) is 0.0275. The lowest BCUT2D eigenvalue weighted by atomic mass is 9.93. The molecule has 35 N–H and O–H groups in total. The van der Waals surface area contributed by atoms with Gasteiger partial charge in [-0.25, -0.2) is 0 Å². The van der Waals surface area contributed by atoms with Gasteiger partial charge in [0.25, 0.3) is 0 Å². The van der Waals surface area contributed by atoms with Crippen molar-refractivity contribution in [2.24, 2.45) is 0 Å². The first-order chi connectivity index (χ1) is 69.9. The van der Waals surface area contributed by atoms with Crippen LogP contribution in [-0.4, -0.2) is 611 Å². The van der Waals surface area contributed by atoms with E-state index in [0.717, 1.165) is 41.5 Å². The summed E-state index contributed by atoms with van der Waals surface area (Å²) in [4.78, 5) is 79.6. The fourth-order valence-corrected chi connectivity index (χ4v) is 19.5. The molecule has 12 fully saturated rings. The topological polar surface area (TPSA) is 974 Å². The van der Waals surface area contributed by atoms with Gasteiger partial charge in [0.15, 0.2) is 75.5 Å². The van der Waals surface area contributed by atoms with E-state index in [0.29, 0.717) is 0 Å². The maximum Gasteiger partial charge on any atom is 0.217 e. The van der Waals surface area contributed by atoms with Crippen molar-refractivity contribution in [3.63, 3.8) is 0 Å². The molecular weight excluding hydrogens is 2020 g/mol. The molecule has 0 saturated carbocycles. The van der Waals surface area contributed by atoms with Gasteiger partial charge in [-0.3, -0.25) is 28.8 Å². The second-order valence-electron chi connectivity index (χ2n) is 38.0. The molecule has 0 bridgehead atoms.